The summed E-state index contributed by atoms with van der Waals surface area (Å²) in [5.41, 5.74) is 7.34. The number of carbonyl (C=O) groups is 1. The van der Waals surface area contributed by atoms with Crippen LogP contribution in [0.25, 0.3) is 10.8 Å². The van der Waals surface area contributed by atoms with Crippen LogP contribution < -0.4 is 10.5 Å². The highest BCUT2D eigenvalue weighted by Gasteiger charge is 2.29. The molecule has 6 nitrogen and oxygen atoms in total. The highest BCUT2D eigenvalue weighted by Crippen LogP contribution is 2.26. The summed E-state index contributed by atoms with van der Waals surface area (Å²) in [6, 6.07) is 21.7. The molecule has 4 rings (SSSR count). The molecule has 36 heavy (non-hydrogen) atoms. The van der Waals surface area contributed by atoms with Gasteiger partial charge in [0.1, 0.15) is 11.9 Å². The molecule has 0 saturated carbocycles. The number of hydrogen-bond donors (Lipinski definition) is 3. The van der Waals surface area contributed by atoms with E-state index < -0.39 is 6.04 Å². The SMILES string of the molecule is C=C(CC1CCN(C(=O)C(Cc2cccc(C(=N)N)c2)NSc2ccc3ccccc3c2)CC1)OC. The van der Waals surface area contributed by atoms with Crippen LogP contribution in [0, 0.1) is 11.3 Å². The van der Waals surface area contributed by atoms with Gasteiger partial charge in [0.2, 0.25) is 5.91 Å². The Labute approximate surface area is 217 Å². The van der Waals surface area contributed by atoms with Gasteiger partial charge in [-0.1, -0.05) is 55.1 Å². The maximum Gasteiger partial charge on any atom is 0.240 e. The van der Waals surface area contributed by atoms with Gasteiger partial charge < -0.3 is 15.4 Å². The minimum Gasteiger partial charge on any atom is -0.502 e. The molecule has 1 unspecified atom stereocenters. The number of nitrogens with one attached hydrogen (secondary N) is 2. The van der Waals surface area contributed by atoms with Gasteiger partial charge in [-0.15, -0.1) is 0 Å². The molecular weight excluding hydrogens is 468 g/mol. The highest BCUT2D eigenvalue weighted by molar-refractivity contribution is 7.97. The maximum atomic E-state index is 13.7. The Morgan fingerprint density at radius 1 is 1.14 bits per heavy atom. The van der Waals surface area contributed by atoms with Gasteiger partial charge >= 0.3 is 0 Å². The van der Waals surface area contributed by atoms with Crippen LogP contribution in [0.2, 0.25) is 0 Å². The van der Waals surface area contributed by atoms with Crippen molar-refractivity contribution in [3.05, 3.63) is 90.2 Å². The first kappa shape index (κ1) is 25.8. The normalized spacial score (nSPS) is 15.0. The van der Waals surface area contributed by atoms with Crippen LogP contribution in [0.15, 0.2) is 84.0 Å². The van der Waals surface area contributed by atoms with Crippen molar-refractivity contribution in [3.63, 3.8) is 0 Å². The van der Waals surface area contributed by atoms with E-state index in [1.807, 2.05) is 41.3 Å². The molecule has 188 valence electrons. The largest absolute Gasteiger partial charge is 0.502 e. The summed E-state index contributed by atoms with van der Waals surface area (Å²) >= 11 is 1.48. The second-order valence-electron chi connectivity index (χ2n) is 9.32. The van der Waals surface area contributed by atoms with Gasteiger partial charge in [-0.05, 0) is 71.7 Å². The third-order valence-corrected chi connectivity index (χ3v) is 7.64. The van der Waals surface area contributed by atoms with Crippen molar-refractivity contribution in [2.24, 2.45) is 11.7 Å². The lowest BCUT2D eigenvalue weighted by atomic mass is 9.92. The quantitative estimate of drug-likeness (QED) is 0.155. The van der Waals surface area contributed by atoms with Crippen LogP contribution in [0.1, 0.15) is 30.4 Å². The zero-order chi connectivity index (χ0) is 25.5. The Bertz CT molecular complexity index is 1240. The van der Waals surface area contributed by atoms with E-state index in [0.717, 1.165) is 48.6 Å². The summed E-state index contributed by atoms with van der Waals surface area (Å²) in [5, 5.41) is 10.1. The minimum absolute atomic E-state index is 0.0259. The number of piperidine rings is 1. The molecule has 0 aromatic heterocycles. The third kappa shape index (κ3) is 6.68. The van der Waals surface area contributed by atoms with Crippen LogP contribution in [0.3, 0.4) is 0 Å². The Morgan fingerprint density at radius 3 is 2.61 bits per heavy atom. The first-order valence-corrected chi connectivity index (χ1v) is 13.1. The highest BCUT2D eigenvalue weighted by atomic mass is 32.2. The van der Waals surface area contributed by atoms with Crippen LogP contribution in [-0.4, -0.2) is 42.9 Å². The van der Waals surface area contributed by atoms with Crippen molar-refractivity contribution in [1.82, 2.24) is 9.62 Å². The standard InChI is InChI=1S/C29H34N4O2S/c1-20(35-2)16-21-12-14-33(15-13-21)29(34)27(18-22-6-5-9-25(17-22)28(30)31)32-36-26-11-10-23-7-3-4-8-24(23)19-26/h3-11,17,19,21,27,32H,1,12-16,18H2,2H3,(H3,30,31). The minimum atomic E-state index is -0.408. The lowest BCUT2D eigenvalue weighted by Crippen LogP contribution is -2.48. The Hall–Kier alpha value is -3.29. The fourth-order valence-corrected chi connectivity index (χ4v) is 5.42. The van der Waals surface area contributed by atoms with E-state index in [1.165, 1.54) is 22.7 Å². The van der Waals surface area contributed by atoms with Gasteiger partial charge in [0.25, 0.3) is 0 Å². The molecule has 1 fully saturated rings. The maximum absolute atomic E-state index is 13.7. The molecule has 1 heterocycles. The predicted octanol–water partition coefficient (Wildman–Crippen LogP) is 5.12. The molecule has 0 bridgehead atoms. The van der Waals surface area contributed by atoms with Gasteiger partial charge in [0.15, 0.2) is 0 Å². The molecule has 1 aliphatic rings. The zero-order valence-corrected chi connectivity index (χ0v) is 21.5. The van der Waals surface area contributed by atoms with Gasteiger partial charge in [-0.3, -0.25) is 10.2 Å². The Kier molecular flexibility index (Phi) is 8.67. The summed E-state index contributed by atoms with van der Waals surface area (Å²) in [4.78, 5) is 16.7. The van der Waals surface area contributed by atoms with E-state index in [1.54, 1.807) is 7.11 Å². The Morgan fingerprint density at radius 2 is 1.89 bits per heavy atom. The first-order chi connectivity index (χ1) is 17.4. The zero-order valence-electron chi connectivity index (χ0n) is 20.7. The monoisotopic (exact) mass is 502 g/mol. The molecule has 0 aliphatic carbocycles. The molecule has 3 aromatic carbocycles. The number of benzene rings is 3. The van der Waals surface area contributed by atoms with Crippen molar-refractivity contribution >= 4 is 34.5 Å². The topological polar surface area (TPSA) is 91.4 Å². The second-order valence-corrected chi connectivity index (χ2v) is 10.2. The number of nitrogen functional groups attached to an aromatic ring is 1. The van der Waals surface area contributed by atoms with Crippen LogP contribution in [0.4, 0.5) is 0 Å². The van der Waals surface area contributed by atoms with E-state index in [9.17, 15) is 4.79 Å². The summed E-state index contributed by atoms with van der Waals surface area (Å²) in [7, 11) is 1.66. The summed E-state index contributed by atoms with van der Waals surface area (Å²) in [6.07, 6.45) is 3.24. The van der Waals surface area contributed by atoms with Crippen LogP contribution in [-0.2, 0) is 16.0 Å². The number of amides is 1. The van der Waals surface area contributed by atoms with Gasteiger partial charge in [0, 0.05) is 30.0 Å². The van der Waals surface area contributed by atoms with E-state index >= 15 is 0 Å². The van der Waals surface area contributed by atoms with Crippen molar-refractivity contribution in [2.75, 3.05) is 20.2 Å². The molecule has 0 spiro atoms. The molecular formula is C29H34N4O2S. The van der Waals surface area contributed by atoms with E-state index in [4.69, 9.17) is 15.9 Å². The smallest absolute Gasteiger partial charge is 0.240 e. The number of rotatable bonds is 10. The molecule has 3 aromatic rings. The average molecular weight is 503 g/mol. The lowest BCUT2D eigenvalue weighted by molar-refractivity contribution is -0.134. The van der Waals surface area contributed by atoms with Crippen LogP contribution in [0.5, 0.6) is 0 Å². The van der Waals surface area contributed by atoms with Crippen molar-refractivity contribution in [2.45, 2.75) is 36.6 Å². The van der Waals surface area contributed by atoms with E-state index in [2.05, 4.69) is 41.6 Å². The fourth-order valence-electron chi connectivity index (χ4n) is 4.63. The molecule has 1 atom stereocenters. The molecule has 1 aliphatic heterocycles. The molecule has 1 amide bonds. The number of nitrogens with zero attached hydrogens (tertiary/aromatic N) is 1. The number of amidine groups is 1. The first-order valence-electron chi connectivity index (χ1n) is 12.3. The molecule has 4 N–H and O–H groups in total. The van der Waals surface area contributed by atoms with E-state index in [-0.39, 0.29) is 11.7 Å². The van der Waals surface area contributed by atoms with E-state index in [0.29, 0.717) is 17.9 Å². The van der Waals surface area contributed by atoms with Gasteiger partial charge in [0.05, 0.1) is 12.9 Å². The number of nitrogens with two attached hydrogens (primary N) is 1. The number of fused-ring (bicyclic) bond motifs is 1. The molecule has 1 saturated heterocycles. The number of ether oxygens (including phenoxy) is 1. The van der Waals surface area contributed by atoms with Gasteiger partial charge in [-0.2, -0.15) is 0 Å². The van der Waals surface area contributed by atoms with Crippen molar-refractivity contribution in [3.8, 4) is 0 Å². The second kappa shape index (κ2) is 12.1. The summed E-state index contributed by atoms with van der Waals surface area (Å²) in [5.74, 6) is 1.42. The fraction of sp³-hybridized carbons (Fsp3) is 0.310. The average Bonchev–Trinajstić information content (AvgIpc) is 2.91. The van der Waals surface area contributed by atoms with Gasteiger partial charge in [-0.25, -0.2) is 4.72 Å². The molecule has 7 heteroatoms. The summed E-state index contributed by atoms with van der Waals surface area (Å²) < 4.78 is 8.70. The van der Waals surface area contributed by atoms with Crippen molar-refractivity contribution < 1.29 is 9.53 Å². The number of allylic oxidation sites excluding steroid dienone is 1. The lowest BCUT2D eigenvalue weighted by Gasteiger charge is -2.34. The number of methoxy groups -OCH3 is 1. The molecule has 0 radical (unpaired) electrons. The van der Waals surface area contributed by atoms with Crippen LogP contribution >= 0.6 is 11.9 Å². The van der Waals surface area contributed by atoms with Crippen molar-refractivity contribution in [1.29, 1.82) is 5.41 Å². The number of carbonyl (C=O) groups excluding carboxylic acids is 1. The Balaban J connectivity index is 1.48. The predicted molar refractivity (Wildman–Crippen MR) is 148 cm³/mol. The third-order valence-electron chi connectivity index (χ3n) is 6.75. The number of hydrogen-bond acceptors (Lipinski definition) is 5. The summed E-state index contributed by atoms with van der Waals surface area (Å²) in [6.45, 7) is 5.41. The number of likely N-dealkylation sites (tertiary alicyclic amines) is 1.